The Labute approximate surface area is 126 Å². The van der Waals surface area contributed by atoms with E-state index in [-0.39, 0.29) is 32.4 Å². The zero-order valence-corrected chi connectivity index (χ0v) is 13.9. The van der Waals surface area contributed by atoms with E-state index in [1.807, 2.05) is 20.8 Å². The van der Waals surface area contributed by atoms with Gasteiger partial charge in [-0.3, -0.25) is 0 Å². The molecule has 1 aliphatic rings. The van der Waals surface area contributed by atoms with Crippen molar-refractivity contribution in [2.45, 2.75) is 43.4 Å². The fourth-order valence-corrected chi connectivity index (χ4v) is 4.50. The summed E-state index contributed by atoms with van der Waals surface area (Å²) in [5.41, 5.74) is -0.277. The molecular formula is C13H18F2O4S2. The van der Waals surface area contributed by atoms with Crippen LogP contribution in [0.5, 0.6) is 5.06 Å². The monoisotopic (exact) mass is 340 g/mol. The molecule has 120 valence electrons. The number of fused-ring (bicyclic) bond motifs is 1. The van der Waals surface area contributed by atoms with Crippen molar-refractivity contribution in [1.82, 2.24) is 0 Å². The van der Waals surface area contributed by atoms with Crippen LogP contribution in [-0.4, -0.2) is 32.3 Å². The molecule has 2 rings (SSSR count). The molecule has 0 saturated carbocycles. The summed E-state index contributed by atoms with van der Waals surface area (Å²) in [6.45, 7) is 6.02. The van der Waals surface area contributed by atoms with Gasteiger partial charge >= 0.3 is 0 Å². The maximum Gasteiger partial charge on any atom is 0.281 e. The quantitative estimate of drug-likeness (QED) is 0.919. The van der Waals surface area contributed by atoms with Gasteiger partial charge in [-0.25, -0.2) is 17.2 Å². The third-order valence-corrected chi connectivity index (χ3v) is 6.04. The maximum absolute atomic E-state index is 13.7. The summed E-state index contributed by atoms with van der Waals surface area (Å²) in [6, 6.07) is 0. The molecule has 0 radical (unpaired) electrons. The summed E-state index contributed by atoms with van der Waals surface area (Å²) >= 11 is 0.811. The second-order valence-electron chi connectivity index (χ2n) is 6.53. The van der Waals surface area contributed by atoms with Crippen molar-refractivity contribution in [3.05, 3.63) is 11.1 Å². The largest absolute Gasteiger partial charge is 0.483 e. The molecule has 0 unspecified atom stereocenters. The van der Waals surface area contributed by atoms with Crippen molar-refractivity contribution in [2.24, 2.45) is 5.41 Å². The third-order valence-electron chi connectivity index (χ3n) is 3.04. The molecule has 0 aromatic carbocycles. The Bertz CT molecular complexity index is 656. The predicted octanol–water partition coefficient (Wildman–Crippen LogP) is 2.80. The Kier molecular flexibility index (Phi) is 3.87. The Morgan fingerprint density at radius 1 is 1.43 bits per heavy atom. The summed E-state index contributed by atoms with van der Waals surface area (Å²) in [7, 11) is -3.70. The summed E-state index contributed by atoms with van der Waals surface area (Å²) < 4.78 is 56.2. The molecule has 4 nitrogen and oxygen atoms in total. The maximum atomic E-state index is 13.7. The van der Waals surface area contributed by atoms with Gasteiger partial charge in [0.1, 0.15) is 10.3 Å². The first-order valence-electron chi connectivity index (χ1n) is 6.37. The number of thiophene rings is 1. The number of aliphatic hydroxyl groups is 1. The lowest BCUT2D eigenvalue weighted by Crippen LogP contribution is -2.22. The Hall–Kier alpha value is -0.730. The zero-order valence-electron chi connectivity index (χ0n) is 12.2. The highest BCUT2D eigenvalue weighted by Crippen LogP contribution is 2.53. The first kappa shape index (κ1) is 16.6. The first-order valence-corrected chi connectivity index (χ1v) is 9.08. The molecule has 8 heteroatoms. The van der Waals surface area contributed by atoms with E-state index in [1.165, 1.54) is 0 Å². The van der Waals surface area contributed by atoms with Gasteiger partial charge in [-0.2, -0.15) is 0 Å². The number of rotatable bonds is 3. The Balaban J connectivity index is 2.49. The number of sulfone groups is 1. The molecule has 0 spiro atoms. The van der Waals surface area contributed by atoms with Gasteiger partial charge in [0.25, 0.3) is 5.92 Å². The van der Waals surface area contributed by atoms with Gasteiger partial charge < -0.3 is 9.84 Å². The fourth-order valence-electron chi connectivity index (χ4n) is 2.10. The highest BCUT2D eigenvalue weighted by molar-refractivity contribution is 7.92. The van der Waals surface area contributed by atoms with E-state index in [9.17, 15) is 22.3 Å². The average Bonchev–Trinajstić information content (AvgIpc) is 2.71. The number of hydrogen-bond acceptors (Lipinski definition) is 5. The van der Waals surface area contributed by atoms with Crippen LogP contribution in [0.25, 0.3) is 0 Å². The van der Waals surface area contributed by atoms with E-state index < -0.39 is 28.3 Å². The predicted molar refractivity (Wildman–Crippen MR) is 76.0 cm³/mol. The Morgan fingerprint density at radius 3 is 2.48 bits per heavy atom. The van der Waals surface area contributed by atoms with Gasteiger partial charge in [0.05, 0.1) is 6.61 Å². The van der Waals surface area contributed by atoms with Crippen LogP contribution in [0, 0.1) is 5.41 Å². The molecule has 1 atom stereocenters. The van der Waals surface area contributed by atoms with Gasteiger partial charge in [-0.15, -0.1) is 0 Å². The van der Waals surface area contributed by atoms with Crippen LogP contribution in [0.1, 0.15) is 38.0 Å². The summed E-state index contributed by atoms with van der Waals surface area (Å²) in [5, 5.41) is 9.89. The molecule has 1 heterocycles. The van der Waals surface area contributed by atoms with Gasteiger partial charge in [0, 0.05) is 23.8 Å². The Morgan fingerprint density at radius 2 is 2.00 bits per heavy atom. The molecule has 1 aliphatic carbocycles. The lowest BCUT2D eigenvalue weighted by molar-refractivity contribution is -0.0976. The van der Waals surface area contributed by atoms with E-state index in [0.29, 0.717) is 0 Å². The first-order chi connectivity index (χ1) is 9.33. The van der Waals surface area contributed by atoms with E-state index >= 15 is 0 Å². The molecule has 21 heavy (non-hydrogen) atoms. The molecule has 0 bridgehead atoms. The lowest BCUT2D eigenvalue weighted by Gasteiger charge is -2.18. The van der Waals surface area contributed by atoms with Gasteiger partial charge in [0.15, 0.2) is 14.9 Å². The van der Waals surface area contributed by atoms with Crippen molar-refractivity contribution in [3.8, 4) is 5.06 Å². The summed E-state index contributed by atoms with van der Waals surface area (Å²) in [4.78, 5) is 0. The molecule has 0 fully saturated rings. The summed E-state index contributed by atoms with van der Waals surface area (Å²) in [5.74, 6) is -3.36. The number of alkyl halides is 2. The number of halogens is 2. The molecule has 1 aromatic heterocycles. The smallest absolute Gasteiger partial charge is 0.281 e. The number of ether oxygens (including phenoxy) is 1. The highest BCUT2D eigenvalue weighted by Gasteiger charge is 2.51. The van der Waals surface area contributed by atoms with Crippen molar-refractivity contribution in [3.63, 3.8) is 0 Å². The molecule has 1 aromatic rings. The van der Waals surface area contributed by atoms with Crippen molar-refractivity contribution >= 4 is 21.2 Å². The zero-order chi connectivity index (χ0) is 16.2. The minimum absolute atomic E-state index is 0.113. The van der Waals surface area contributed by atoms with Crippen LogP contribution in [-0.2, 0) is 16.3 Å². The minimum Gasteiger partial charge on any atom is -0.483 e. The third kappa shape index (κ3) is 3.22. The van der Waals surface area contributed by atoms with Gasteiger partial charge in [-0.1, -0.05) is 32.1 Å². The topological polar surface area (TPSA) is 63.6 Å². The van der Waals surface area contributed by atoms with E-state index in [0.717, 1.165) is 17.6 Å². The molecule has 0 saturated heterocycles. The van der Waals surface area contributed by atoms with Crippen LogP contribution in [0.2, 0.25) is 0 Å². The SMILES string of the molecule is CC(C)(C)COc1sc(S(C)(=O)=O)c2c1CC(F)(F)[C@H]2O. The molecule has 0 aliphatic heterocycles. The summed E-state index contributed by atoms with van der Waals surface area (Å²) in [6.07, 6.45) is -1.86. The van der Waals surface area contributed by atoms with Crippen LogP contribution in [0.15, 0.2) is 4.21 Å². The van der Waals surface area contributed by atoms with Crippen LogP contribution < -0.4 is 4.74 Å². The van der Waals surface area contributed by atoms with E-state index in [2.05, 4.69) is 0 Å². The van der Waals surface area contributed by atoms with E-state index in [4.69, 9.17) is 4.74 Å². The number of aliphatic hydroxyl groups excluding tert-OH is 1. The second-order valence-corrected chi connectivity index (χ2v) is 9.73. The molecule has 1 N–H and O–H groups in total. The second kappa shape index (κ2) is 4.89. The van der Waals surface area contributed by atoms with Crippen LogP contribution >= 0.6 is 11.3 Å². The molecular weight excluding hydrogens is 322 g/mol. The molecule has 0 amide bonds. The van der Waals surface area contributed by atoms with Crippen molar-refractivity contribution in [1.29, 1.82) is 0 Å². The fraction of sp³-hybridized carbons (Fsp3) is 0.692. The lowest BCUT2D eigenvalue weighted by atomic mass is 9.99. The normalized spacial score (nSPS) is 21.4. The van der Waals surface area contributed by atoms with Gasteiger partial charge in [0.2, 0.25) is 0 Å². The standard InChI is InChI=1S/C13H18F2O4S2/c1-12(2,3)6-19-10-7-5-13(14,15)9(16)8(7)11(20-10)21(4,17)18/h9,16H,5-6H2,1-4H3/t9-/m0/s1. The van der Waals surface area contributed by atoms with Crippen molar-refractivity contribution < 1.29 is 27.0 Å². The van der Waals surface area contributed by atoms with E-state index in [1.54, 1.807) is 0 Å². The number of hydrogen-bond donors (Lipinski definition) is 1. The van der Waals surface area contributed by atoms with Gasteiger partial charge in [-0.05, 0) is 5.41 Å². The minimum atomic E-state index is -3.70. The average molecular weight is 340 g/mol. The van der Waals surface area contributed by atoms with Crippen LogP contribution in [0.4, 0.5) is 8.78 Å². The van der Waals surface area contributed by atoms with Crippen molar-refractivity contribution in [2.75, 3.05) is 12.9 Å². The highest BCUT2D eigenvalue weighted by atomic mass is 32.2. The van der Waals surface area contributed by atoms with Crippen LogP contribution in [0.3, 0.4) is 0 Å².